The molecule has 0 saturated heterocycles. The molecule has 5 heteroatoms. The van der Waals surface area contributed by atoms with Crippen molar-refractivity contribution in [2.75, 3.05) is 30.0 Å². The maximum Gasteiger partial charge on any atom is 0.255 e. The minimum atomic E-state index is -0.220. The van der Waals surface area contributed by atoms with Gasteiger partial charge in [0.05, 0.1) is 10.7 Å². The van der Waals surface area contributed by atoms with Gasteiger partial charge < -0.3 is 16.0 Å². The van der Waals surface area contributed by atoms with Crippen molar-refractivity contribution in [3.05, 3.63) is 53.1 Å². The van der Waals surface area contributed by atoms with Gasteiger partial charge in [-0.05, 0) is 42.5 Å². The number of halogens is 1. The largest absolute Gasteiger partial charge is 0.399 e. The van der Waals surface area contributed by atoms with E-state index in [4.69, 9.17) is 17.3 Å². The third-order valence-electron chi connectivity index (χ3n) is 2.88. The van der Waals surface area contributed by atoms with E-state index < -0.39 is 0 Å². The Bertz CT molecular complexity index is 624. The van der Waals surface area contributed by atoms with Crippen molar-refractivity contribution < 1.29 is 4.79 Å². The number of benzene rings is 2. The first-order valence-electron chi connectivity index (χ1n) is 6.11. The fourth-order valence-electron chi connectivity index (χ4n) is 1.74. The molecular weight excluding hydrogens is 274 g/mol. The number of nitrogen functional groups attached to an aromatic ring is 1. The molecule has 0 aromatic heterocycles. The summed E-state index contributed by atoms with van der Waals surface area (Å²) in [6, 6.07) is 12.3. The molecule has 2 aromatic carbocycles. The molecule has 0 fully saturated rings. The Labute approximate surface area is 123 Å². The maximum absolute atomic E-state index is 12.1. The van der Waals surface area contributed by atoms with E-state index in [0.717, 1.165) is 5.69 Å². The highest BCUT2D eigenvalue weighted by molar-refractivity contribution is 6.34. The zero-order valence-electron chi connectivity index (χ0n) is 11.4. The van der Waals surface area contributed by atoms with Crippen molar-refractivity contribution in [2.24, 2.45) is 0 Å². The minimum Gasteiger partial charge on any atom is -0.399 e. The summed E-state index contributed by atoms with van der Waals surface area (Å²) in [4.78, 5) is 14.1. The molecule has 1 amide bonds. The lowest BCUT2D eigenvalue weighted by atomic mass is 10.2. The summed E-state index contributed by atoms with van der Waals surface area (Å²) in [6.07, 6.45) is 0. The smallest absolute Gasteiger partial charge is 0.255 e. The van der Waals surface area contributed by atoms with Gasteiger partial charge in [-0.3, -0.25) is 4.79 Å². The van der Waals surface area contributed by atoms with Crippen LogP contribution >= 0.6 is 11.6 Å². The summed E-state index contributed by atoms with van der Waals surface area (Å²) >= 11 is 6.02. The monoisotopic (exact) mass is 289 g/mol. The number of nitrogens with zero attached hydrogens (tertiary/aromatic N) is 1. The second-order valence-electron chi connectivity index (χ2n) is 4.63. The highest BCUT2D eigenvalue weighted by Gasteiger charge is 2.09. The average molecular weight is 290 g/mol. The molecule has 2 rings (SSSR count). The van der Waals surface area contributed by atoms with E-state index in [-0.39, 0.29) is 5.91 Å². The molecule has 0 radical (unpaired) electrons. The van der Waals surface area contributed by atoms with Crippen LogP contribution in [0.5, 0.6) is 0 Å². The SMILES string of the molecule is CN(C)c1ccc(C(=O)Nc2cc(N)ccc2Cl)cc1. The highest BCUT2D eigenvalue weighted by Crippen LogP contribution is 2.24. The fourth-order valence-corrected chi connectivity index (χ4v) is 1.91. The Kier molecular flexibility index (Phi) is 4.15. The van der Waals surface area contributed by atoms with E-state index in [1.807, 2.05) is 31.1 Å². The van der Waals surface area contributed by atoms with E-state index >= 15 is 0 Å². The molecule has 0 aliphatic heterocycles. The van der Waals surface area contributed by atoms with E-state index in [1.165, 1.54) is 0 Å². The van der Waals surface area contributed by atoms with E-state index in [9.17, 15) is 4.79 Å². The lowest BCUT2D eigenvalue weighted by Gasteiger charge is -2.13. The van der Waals surface area contributed by atoms with Crippen LogP contribution in [-0.4, -0.2) is 20.0 Å². The van der Waals surface area contributed by atoms with Crippen LogP contribution < -0.4 is 16.0 Å². The van der Waals surface area contributed by atoms with Crippen molar-refractivity contribution in [1.82, 2.24) is 0 Å². The molecule has 0 atom stereocenters. The van der Waals surface area contributed by atoms with E-state index in [0.29, 0.717) is 22.0 Å². The lowest BCUT2D eigenvalue weighted by molar-refractivity contribution is 0.102. The van der Waals surface area contributed by atoms with Gasteiger partial charge in [0, 0.05) is 31.0 Å². The number of nitrogens with one attached hydrogen (secondary N) is 1. The third kappa shape index (κ3) is 3.22. The Morgan fingerprint density at radius 1 is 1.15 bits per heavy atom. The topological polar surface area (TPSA) is 58.4 Å². The number of nitrogens with two attached hydrogens (primary N) is 1. The first kappa shape index (κ1) is 14.2. The molecule has 104 valence electrons. The van der Waals surface area contributed by atoms with Crippen molar-refractivity contribution in [2.45, 2.75) is 0 Å². The Balaban J connectivity index is 2.17. The molecule has 3 N–H and O–H groups in total. The standard InChI is InChI=1S/C15H16ClN3O/c1-19(2)12-6-3-10(4-7-12)15(20)18-14-9-11(17)5-8-13(14)16/h3-9H,17H2,1-2H3,(H,18,20). The molecule has 0 aliphatic rings. The zero-order valence-corrected chi connectivity index (χ0v) is 12.1. The van der Waals surface area contributed by atoms with Crippen molar-refractivity contribution in [3.63, 3.8) is 0 Å². The number of hydrogen-bond acceptors (Lipinski definition) is 3. The van der Waals surface area contributed by atoms with Crippen molar-refractivity contribution in [1.29, 1.82) is 0 Å². The van der Waals surface area contributed by atoms with E-state index in [1.54, 1.807) is 30.3 Å². The quantitative estimate of drug-likeness (QED) is 0.853. The van der Waals surface area contributed by atoms with Crippen LogP contribution in [0.3, 0.4) is 0 Å². The van der Waals surface area contributed by atoms with Crippen LogP contribution in [0.4, 0.5) is 17.1 Å². The summed E-state index contributed by atoms with van der Waals surface area (Å²) < 4.78 is 0. The first-order valence-corrected chi connectivity index (χ1v) is 6.49. The van der Waals surface area contributed by atoms with Crippen LogP contribution in [0.2, 0.25) is 5.02 Å². The van der Waals surface area contributed by atoms with Gasteiger partial charge in [-0.2, -0.15) is 0 Å². The second kappa shape index (κ2) is 5.84. The second-order valence-corrected chi connectivity index (χ2v) is 5.04. The van der Waals surface area contributed by atoms with Crippen molar-refractivity contribution in [3.8, 4) is 0 Å². The molecular formula is C15H16ClN3O. The molecule has 20 heavy (non-hydrogen) atoms. The Morgan fingerprint density at radius 3 is 2.40 bits per heavy atom. The van der Waals surface area contributed by atoms with Crippen molar-refractivity contribution >= 4 is 34.6 Å². The number of amides is 1. The first-order chi connectivity index (χ1) is 9.47. The van der Waals surface area contributed by atoms with Gasteiger partial charge in [-0.1, -0.05) is 11.6 Å². The van der Waals surface area contributed by atoms with Crippen LogP contribution in [0.1, 0.15) is 10.4 Å². The van der Waals surface area contributed by atoms with Crippen LogP contribution in [0, 0.1) is 0 Å². The number of carbonyl (C=O) groups is 1. The summed E-state index contributed by atoms with van der Waals surface area (Å²) in [5, 5.41) is 3.21. The van der Waals surface area contributed by atoms with E-state index in [2.05, 4.69) is 5.32 Å². The van der Waals surface area contributed by atoms with Gasteiger partial charge in [0.15, 0.2) is 0 Å². The number of hydrogen-bond donors (Lipinski definition) is 2. The lowest BCUT2D eigenvalue weighted by Crippen LogP contribution is -2.13. The van der Waals surface area contributed by atoms with Gasteiger partial charge in [0.1, 0.15) is 0 Å². The molecule has 2 aromatic rings. The zero-order chi connectivity index (χ0) is 14.7. The van der Waals surface area contributed by atoms with Gasteiger partial charge >= 0.3 is 0 Å². The fraction of sp³-hybridized carbons (Fsp3) is 0.133. The summed E-state index contributed by atoms with van der Waals surface area (Å²) in [5.41, 5.74) is 8.33. The minimum absolute atomic E-state index is 0.220. The van der Waals surface area contributed by atoms with Gasteiger partial charge in [-0.25, -0.2) is 0 Å². The van der Waals surface area contributed by atoms with Gasteiger partial charge in [0.2, 0.25) is 0 Å². The highest BCUT2D eigenvalue weighted by atomic mass is 35.5. The van der Waals surface area contributed by atoms with Crippen LogP contribution in [0.15, 0.2) is 42.5 Å². The van der Waals surface area contributed by atoms with Gasteiger partial charge in [-0.15, -0.1) is 0 Å². The van der Waals surface area contributed by atoms with Crippen LogP contribution in [-0.2, 0) is 0 Å². The Morgan fingerprint density at radius 2 is 1.80 bits per heavy atom. The average Bonchev–Trinajstić information content (AvgIpc) is 2.43. The molecule has 0 saturated carbocycles. The summed E-state index contributed by atoms with van der Waals surface area (Å²) in [5.74, 6) is -0.220. The molecule has 0 aliphatic carbocycles. The predicted molar refractivity (Wildman–Crippen MR) is 84.6 cm³/mol. The maximum atomic E-state index is 12.1. The summed E-state index contributed by atoms with van der Waals surface area (Å²) in [6.45, 7) is 0. The number of anilines is 3. The molecule has 0 heterocycles. The van der Waals surface area contributed by atoms with Gasteiger partial charge in [0.25, 0.3) is 5.91 Å². The van der Waals surface area contributed by atoms with Crippen LogP contribution in [0.25, 0.3) is 0 Å². The summed E-state index contributed by atoms with van der Waals surface area (Å²) in [7, 11) is 3.89. The number of rotatable bonds is 3. The Hall–Kier alpha value is -2.20. The third-order valence-corrected chi connectivity index (χ3v) is 3.21. The predicted octanol–water partition coefficient (Wildman–Crippen LogP) is 3.24. The molecule has 0 bridgehead atoms. The molecule has 0 spiro atoms. The number of carbonyl (C=O) groups excluding carboxylic acids is 1. The molecule has 4 nitrogen and oxygen atoms in total. The molecule has 0 unspecified atom stereocenters. The normalized spacial score (nSPS) is 10.2.